The van der Waals surface area contributed by atoms with E-state index in [-0.39, 0.29) is 5.91 Å². The van der Waals surface area contributed by atoms with Gasteiger partial charge in [0.05, 0.1) is 11.2 Å². The van der Waals surface area contributed by atoms with Crippen molar-refractivity contribution in [1.82, 2.24) is 25.8 Å². The van der Waals surface area contributed by atoms with Gasteiger partial charge >= 0.3 is 0 Å². The Morgan fingerprint density at radius 2 is 2.33 bits per heavy atom. The molecule has 2 aromatic rings. The third kappa shape index (κ3) is 3.22. The molecule has 0 bridgehead atoms. The maximum absolute atomic E-state index is 12.0. The van der Waals surface area contributed by atoms with Crippen LogP contribution in [0.25, 0.3) is 0 Å². The van der Waals surface area contributed by atoms with Crippen LogP contribution in [0.2, 0.25) is 5.02 Å². The van der Waals surface area contributed by atoms with Gasteiger partial charge in [-0.1, -0.05) is 11.6 Å². The number of hydrogen-bond acceptors (Lipinski definition) is 4. The van der Waals surface area contributed by atoms with Gasteiger partial charge in [-0.15, -0.1) is 0 Å². The molecule has 1 fully saturated rings. The van der Waals surface area contributed by atoms with E-state index in [1.54, 1.807) is 18.3 Å². The Kier molecular flexibility index (Phi) is 4.17. The summed E-state index contributed by atoms with van der Waals surface area (Å²) in [6.07, 6.45) is 4.31. The average molecular weight is 306 g/mol. The molecule has 0 radical (unpaired) electrons. The normalized spacial score (nSPS) is 17.9. The van der Waals surface area contributed by atoms with Gasteiger partial charge in [0.1, 0.15) is 5.69 Å². The van der Waals surface area contributed by atoms with Gasteiger partial charge in [-0.2, -0.15) is 5.10 Å². The number of amides is 1. The molecule has 1 aliphatic rings. The minimum atomic E-state index is -0.219. The molecule has 21 heavy (non-hydrogen) atoms. The third-order valence-corrected chi connectivity index (χ3v) is 3.84. The molecule has 1 atom stereocenters. The molecule has 1 unspecified atom stereocenters. The number of aromatic nitrogens is 3. The predicted octanol–water partition coefficient (Wildman–Crippen LogP) is 1.46. The third-order valence-electron chi connectivity index (χ3n) is 3.62. The molecule has 0 aromatic carbocycles. The van der Waals surface area contributed by atoms with Crippen LogP contribution in [-0.4, -0.2) is 34.2 Å². The number of rotatable bonds is 4. The van der Waals surface area contributed by atoms with E-state index in [1.165, 1.54) is 6.20 Å². The number of carbonyl (C=O) groups is 1. The van der Waals surface area contributed by atoms with E-state index in [4.69, 9.17) is 11.6 Å². The Balaban J connectivity index is 1.63. The number of pyridine rings is 1. The molecule has 3 rings (SSSR count). The SMILES string of the molecule is O=C(NCc1cn[nH]c1C1CCNC1)c1ccc(Cl)cn1. The van der Waals surface area contributed by atoms with Gasteiger partial charge in [-0.3, -0.25) is 9.89 Å². The van der Waals surface area contributed by atoms with Gasteiger partial charge in [-0.25, -0.2) is 4.98 Å². The van der Waals surface area contributed by atoms with Crippen molar-refractivity contribution < 1.29 is 4.79 Å². The molecule has 6 nitrogen and oxygen atoms in total. The van der Waals surface area contributed by atoms with Crippen molar-refractivity contribution in [2.24, 2.45) is 0 Å². The van der Waals surface area contributed by atoms with E-state index in [1.807, 2.05) is 0 Å². The van der Waals surface area contributed by atoms with E-state index in [9.17, 15) is 4.79 Å². The second kappa shape index (κ2) is 6.24. The molecule has 0 aliphatic carbocycles. The highest BCUT2D eigenvalue weighted by Crippen LogP contribution is 2.23. The van der Waals surface area contributed by atoms with Crippen molar-refractivity contribution in [3.63, 3.8) is 0 Å². The number of carbonyl (C=O) groups excluding carboxylic acids is 1. The molecular weight excluding hydrogens is 290 g/mol. The Bertz CT molecular complexity index is 619. The first-order valence-corrected chi connectivity index (χ1v) is 7.24. The standard InChI is InChI=1S/C14H16ClN5O/c15-11-1-2-12(17-8-11)14(21)18-6-10-7-19-20-13(10)9-3-4-16-5-9/h1-2,7-9,16H,3-6H2,(H,18,21)(H,19,20). The molecule has 0 saturated carbocycles. The number of H-pyrrole nitrogens is 1. The molecule has 1 aliphatic heterocycles. The van der Waals surface area contributed by atoms with Crippen LogP contribution in [0.1, 0.15) is 34.1 Å². The molecular formula is C14H16ClN5O. The van der Waals surface area contributed by atoms with Crippen molar-refractivity contribution in [3.8, 4) is 0 Å². The van der Waals surface area contributed by atoms with Crippen LogP contribution in [0.4, 0.5) is 0 Å². The lowest BCUT2D eigenvalue weighted by molar-refractivity contribution is 0.0946. The first-order valence-electron chi connectivity index (χ1n) is 6.86. The highest BCUT2D eigenvalue weighted by molar-refractivity contribution is 6.30. The second-order valence-electron chi connectivity index (χ2n) is 5.04. The van der Waals surface area contributed by atoms with Gasteiger partial charge < -0.3 is 10.6 Å². The minimum Gasteiger partial charge on any atom is -0.346 e. The summed E-state index contributed by atoms with van der Waals surface area (Å²) >= 11 is 5.76. The summed E-state index contributed by atoms with van der Waals surface area (Å²) < 4.78 is 0. The number of aromatic amines is 1. The highest BCUT2D eigenvalue weighted by Gasteiger charge is 2.21. The summed E-state index contributed by atoms with van der Waals surface area (Å²) in [5.74, 6) is 0.219. The largest absolute Gasteiger partial charge is 0.346 e. The quantitative estimate of drug-likeness (QED) is 0.799. The van der Waals surface area contributed by atoms with E-state index in [2.05, 4.69) is 25.8 Å². The Morgan fingerprint density at radius 1 is 1.43 bits per heavy atom. The molecule has 7 heteroatoms. The lowest BCUT2D eigenvalue weighted by Gasteiger charge is -2.10. The van der Waals surface area contributed by atoms with E-state index < -0.39 is 0 Å². The topological polar surface area (TPSA) is 82.7 Å². The molecule has 110 valence electrons. The first kappa shape index (κ1) is 14.0. The Labute approximate surface area is 127 Å². The molecule has 0 spiro atoms. The number of hydrogen-bond donors (Lipinski definition) is 3. The van der Waals surface area contributed by atoms with Gasteiger partial charge in [-0.05, 0) is 25.1 Å². The van der Waals surface area contributed by atoms with Crippen LogP contribution >= 0.6 is 11.6 Å². The van der Waals surface area contributed by atoms with Crippen molar-refractivity contribution in [2.45, 2.75) is 18.9 Å². The van der Waals surface area contributed by atoms with Gasteiger partial charge in [0.2, 0.25) is 0 Å². The van der Waals surface area contributed by atoms with Crippen LogP contribution in [0.15, 0.2) is 24.5 Å². The number of nitrogens with zero attached hydrogens (tertiary/aromatic N) is 2. The van der Waals surface area contributed by atoms with E-state index >= 15 is 0 Å². The lowest BCUT2D eigenvalue weighted by Crippen LogP contribution is -2.24. The van der Waals surface area contributed by atoms with Gasteiger partial charge in [0, 0.05) is 36.5 Å². The summed E-state index contributed by atoms with van der Waals surface area (Å²) in [7, 11) is 0. The smallest absolute Gasteiger partial charge is 0.270 e. The number of halogens is 1. The maximum Gasteiger partial charge on any atom is 0.270 e. The zero-order valence-corrected chi connectivity index (χ0v) is 12.2. The lowest BCUT2D eigenvalue weighted by atomic mass is 10.0. The van der Waals surface area contributed by atoms with Gasteiger partial charge in [0.15, 0.2) is 0 Å². The van der Waals surface area contributed by atoms with Crippen molar-refractivity contribution in [3.05, 3.63) is 46.5 Å². The summed E-state index contributed by atoms with van der Waals surface area (Å²) in [5, 5.41) is 13.8. The van der Waals surface area contributed by atoms with E-state index in [0.29, 0.717) is 23.2 Å². The zero-order chi connectivity index (χ0) is 14.7. The monoisotopic (exact) mass is 305 g/mol. The summed E-state index contributed by atoms with van der Waals surface area (Å²) in [6, 6.07) is 3.26. The number of nitrogens with one attached hydrogen (secondary N) is 3. The summed E-state index contributed by atoms with van der Waals surface area (Å²) in [6.45, 7) is 2.40. The molecule has 3 heterocycles. The summed E-state index contributed by atoms with van der Waals surface area (Å²) in [4.78, 5) is 16.0. The van der Waals surface area contributed by atoms with Crippen LogP contribution < -0.4 is 10.6 Å². The van der Waals surface area contributed by atoms with Crippen LogP contribution in [0, 0.1) is 0 Å². The molecule has 1 saturated heterocycles. The predicted molar refractivity (Wildman–Crippen MR) is 79.2 cm³/mol. The molecule has 1 amide bonds. The summed E-state index contributed by atoms with van der Waals surface area (Å²) in [5.41, 5.74) is 2.47. The van der Waals surface area contributed by atoms with Crippen molar-refractivity contribution >= 4 is 17.5 Å². The average Bonchev–Trinajstić information content (AvgIpc) is 3.16. The Hall–Kier alpha value is -1.92. The second-order valence-corrected chi connectivity index (χ2v) is 5.48. The van der Waals surface area contributed by atoms with Gasteiger partial charge in [0.25, 0.3) is 5.91 Å². The van der Waals surface area contributed by atoms with Crippen molar-refractivity contribution in [1.29, 1.82) is 0 Å². The molecule has 3 N–H and O–H groups in total. The zero-order valence-electron chi connectivity index (χ0n) is 11.4. The van der Waals surface area contributed by atoms with Crippen molar-refractivity contribution in [2.75, 3.05) is 13.1 Å². The van der Waals surface area contributed by atoms with Crippen LogP contribution in [-0.2, 0) is 6.54 Å². The minimum absolute atomic E-state index is 0.219. The molecule has 2 aromatic heterocycles. The highest BCUT2D eigenvalue weighted by atomic mass is 35.5. The van der Waals surface area contributed by atoms with E-state index in [0.717, 1.165) is 30.8 Å². The Morgan fingerprint density at radius 3 is 3.05 bits per heavy atom. The van der Waals surface area contributed by atoms with Crippen LogP contribution in [0.3, 0.4) is 0 Å². The van der Waals surface area contributed by atoms with Crippen LogP contribution in [0.5, 0.6) is 0 Å². The fourth-order valence-corrected chi connectivity index (χ4v) is 2.60. The fourth-order valence-electron chi connectivity index (χ4n) is 2.49. The first-order chi connectivity index (χ1) is 10.2. The maximum atomic E-state index is 12.0. The fraction of sp³-hybridized carbons (Fsp3) is 0.357.